The largest absolute Gasteiger partial charge is 0.497 e. The molecule has 3 rings (SSSR count). The summed E-state index contributed by atoms with van der Waals surface area (Å²) in [4.78, 5) is 13.0. The van der Waals surface area contributed by atoms with Crippen LogP contribution in [-0.4, -0.2) is 19.6 Å². The van der Waals surface area contributed by atoms with Gasteiger partial charge in [0.1, 0.15) is 11.8 Å². The highest BCUT2D eigenvalue weighted by Crippen LogP contribution is 2.21. The molecular formula is C24H26N2O2. The summed E-state index contributed by atoms with van der Waals surface area (Å²) < 4.78 is 5.24. The van der Waals surface area contributed by atoms with Gasteiger partial charge in [-0.15, -0.1) is 0 Å². The van der Waals surface area contributed by atoms with E-state index >= 15 is 0 Å². The van der Waals surface area contributed by atoms with Gasteiger partial charge in [0.25, 0.3) is 0 Å². The fraction of sp³-hybridized carbons (Fsp3) is 0.208. The summed E-state index contributed by atoms with van der Waals surface area (Å²) in [5, 5.41) is 6.44. The van der Waals surface area contributed by atoms with Crippen LogP contribution < -0.4 is 15.4 Å². The van der Waals surface area contributed by atoms with E-state index in [4.69, 9.17) is 4.74 Å². The first-order chi connectivity index (χ1) is 13.7. The second kappa shape index (κ2) is 9.72. The standard InChI is InChI=1S/C24H26N2O2/c1-18(19-10-5-3-6-11-19)17-25-23(20-12-7-4-8-13-20)24(27)26-21-14-9-15-22(16-21)28-2/h3-16,18,23,25H,17H2,1-2H3,(H,26,27)/t18-,23+/m0/s1. The molecule has 0 aliphatic heterocycles. The zero-order valence-electron chi connectivity index (χ0n) is 16.3. The summed E-state index contributed by atoms with van der Waals surface area (Å²) in [5.41, 5.74) is 2.89. The normalized spacial score (nSPS) is 12.8. The number of nitrogens with one attached hydrogen (secondary N) is 2. The summed E-state index contributed by atoms with van der Waals surface area (Å²) in [6.07, 6.45) is 0. The number of anilines is 1. The summed E-state index contributed by atoms with van der Waals surface area (Å²) in [7, 11) is 1.61. The van der Waals surface area contributed by atoms with Crippen LogP contribution in [0.3, 0.4) is 0 Å². The number of benzene rings is 3. The Morgan fingerprint density at radius 2 is 1.54 bits per heavy atom. The molecule has 2 atom stereocenters. The Morgan fingerprint density at radius 3 is 2.18 bits per heavy atom. The van der Waals surface area contributed by atoms with E-state index in [9.17, 15) is 4.79 Å². The lowest BCUT2D eigenvalue weighted by atomic mass is 9.99. The summed E-state index contributed by atoms with van der Waals surface area (Å²) in [6, 6.07) is 27.0. The monoisotopic (exact) mass is 374 g/mol. The van der Waals surface area contributed by atoms with Crippen molar-refractivity contribution in [1.29, 1.82) is 0 Å². The molecule has 4 heteroatoms. The number of hydrogen-bond donors (Lipinski definition) is 2. The molecule has 1 amide bonds. The predicted molar refractivity (Wildman–Crippen MR) is 114 cm³/mol. The molecule has 0 radical (unpaired) electrons. The fourth-order valence-corrected chi connectivity index (χ4v) is 3.12. The first kappa shape index (κ1) is 19.6. The maximum Gasteiger partial charge on any atom is 0.246 e. The number of amides is 1. The van der Waals surface area contributed by atoms with Crippen molar-refractivity contribution in [3.63, 3.8) is 0 Å². The van der Waals surface area contributed by atoms with E-state index < -0.39 is 6.04 Å². The molecule has 0 heterocycles. The second-order valence-corrected chi connectivity index (χ2v) is 6.78. The van der Waals surface area contributed by atoms with E-state index in [2.05, 4.69) is 29.7 Å². The van der Waals surface area contributed by atoms with Crippen molar-refractivity contribution in [2.75, 3.05) is 19.0 Å². The van der Waals surface area contributed by atoms with Crippen molar-refractivity contribution < 1.29 is 9.53 Å². The van der Waals surface area contributed by atoms with Gasteiger partial charge in [-0.05, 0) is 29.2 Å². The SMILES string of the molecule is COc1cccc(NC(=O)[C@H](NC[C@H](C)c2ccccc2)c2ccccc2)c1. The van der Waals surface area contributed by atoms with Crippen LogP contribution in [-0.2, 0) is 4.79 Å². The average molecular weight is 374 g/mol. The molecule has 3 aromatic carbocycles. The Bertz CT molecular complexity index is 881. The molecule has 144 valence electrons. The minimum absolute atomic E-state index is 0.0975. The summed E-state index contributed by atoms with van der Waals surface area (Å²) in [5.74, 6) is 0.900. The van der Waals surface area contributed by atoms with Crippen LogP contribution in [0.1, 0.15) is 30.0 Å². The molecule has 0 unspecified atom stereocenters. The molecule has 0 aliphatic rings. The number of carbonyl (C=O) groups is 1. The average Bonchev–Trinajstić information content (AvgIpc) is 2.75. The highest BCUT2D eigenvalue weighted by atomic mass is 16.5. The molecule has 3 aromatic rings. The lowest BCUT2D eigenvalue weighted by Crippen LogP contribution is -2.35. The quantitative estimate of drug-likeness (QED) is 0.597. The summed E-state index contributed by atoms with van der Waals surface area (Å²) >= 11 is 0. The minimum atomic E-state index is -0.446. The molecule has 0 bridgehead atoms. The van der Waals surface area contributed by atoms with Crippen molar-refractivity contribution in [2.24, 2.45) is 0 Å². The molecule has 28 heavy (non-hydrogen) atoms. The number of rotatable bonds is 8. The third-order valence-corrected chi connectivity index (χ3v) is 4.73. The van der Waals surface area contributed by atoms with E-state index in [1.807, 2.05) is 72.8 Å². The molecule has 2 N–H and O–H groups in total. The Kier molecular flexibility index (Phi) is 6.82. The molecule has 0 saturated carbocycles. The smallest absolute Gasteiger partial charge is 0.246 e. The third kappa shape index (κ3) is 5.21. The van der Waals surface area contributed by atoms with Crippen molar-refractivity contribution in [1.82, 2.24) is 5.32 Å². The Morgan fingerprint density at radius 1 is 0.893 bits per heavy atom. The van der Waals surface area contributed by atoms with E-state index in [1.165, 1.54) is 5.56 Å². The first-order valence-corrected chi connectivity index (χ1v) is 9.45. The second-order valence-electron chi connectivity index (χ2n) is 6.78. The maximum atomic E-state index is 13.0. The van der Waals surface area contributed by atoms with Gasteiger partial charge in [0, 0.05) is 18.3 Å². The number of methoxy groups -OCH3 is 1. The van der Waals surface area contributed by atoms with Crippen LogP contribution in [0.2, 0.25) is 0 Å². The number of carbonyl (C=O) groups excluding carboxylic acids is 1. The van der Waals surface area contributed by atoms with Gasteiger partial charge in [-0.3, -0.25) is 4.79 Å². The van der Waals surface area contributed by atoms with Crippen LogP contribution in [0, 0.1) is 0 Å². The lowest BCUT2D eigenvalue weighted by Gasteiger charge is -2.22. The molecule has 0 fully saturated rings. The van der Waals surface area contributed by atoms with E-state index in [0.29, 0.717) is 18.0 Å². The maximum absolute atomic E-state index is 13.0. The van der Waals surface area contributed by atoms with Crippen molar-refractivity contribution >= 4 is 11.6 Å². The zero-order chi connectivity index (χ0) is 19.8. The van der Waals surface area contributed by atoms with Gasteiger partial charge >= 0.3 is 0 Å². The summed E-state index contributed by atoms with van der Waals surface area (Å²) in [6.45, 7) is 2.85. The van der Waals surface area contributed by atoms with Crippen molar-refractivity contribution in [2.45, 2.75) is 18.9 Å². The van der Waals surface area contributed by atoms with Crippen molar-refractivity contribution in [3.05, 3.63) is 96.1 Å². The van der Waals surface area contributed by atoms with Gasteiger partial charge in [-0.25, -0.2) is 0 Å². The molecule has 0 aliphatic carbocycles. The van der Waals surface area contributed by atoms with Gasteiger partial charge in [0.15, 0.2) is 0 Å². The molecule has 4 nitrogen and oxygen atoms in total. The van der Waals surface area contributed by atoms with E-state index in [1.54, 1.807) is 7.11 Å². The molecule has 0 saturated heterocycles. The van der Waals surface area contributed by atoms with Gasteiger partial charge < -0.3 is 15.4 Å². The molecule has 0 aromatic heterocycles. The van der Waals surface area contributed by atoms with Crippen LogP contribution in [0.25, 0.3) is 0 Å². The number of ether oxygens (including phenoxy) is 1. The Balaban J connectivity index is 1.74. The van der Waals surface area contributed by atoms with Crippen LogP contribution >= 0.6 is 0 Å². The van der Waals surface area contributed by atoms with E-state index in [-0.39, 0.29) is 11.8 Å². The Hall–Kier alpha value is -3.11. The minimum Gasteiger partial charge on any atom is -0.497 e. The highest BCUT2D eigenvalue weighted by Gasteiger charge is 2.21. The fourth-order valence-electron chi connectivity index (χ4n) is 3.12. The Labute approximate surface area is 166 Å². The van der Waals surface area contributed by atoms with Gasteiger partial charge in [-0.2, -0.15) is 0 Å². The van der Waals surface area contributed by atoms with E-state index in [0.717, 1.165) is 5.56 Å². The van der Waals surface area contributed by atoms with Crippen molar-refractivity contribution in [3.8, 4) is 5.75 Å². The molecular weight excluding hydrogens is 348 g/mol. The zero-order valence-corrected chi connectivity index (χ0v) is 16.3. The van der Waals surface area contributed by atoms with Crippen LogP contribution in [0.5, 0.6) is 5.75 Å². The van der Waals surface area contributed by atoms with Crippen LogP contribution in [0.4, 0.5) is 5.69 Å². The highest BCUT2D eigenvalue weighted by molar-refractivity contribution is 5.95. The lowest BCUT2D eigenvalue weighted by molar-refractivity contribution is -0.118. The number of hydrogen-bond acceptors (Lipinski definition) is 3. The van der Waals surface area contributed by atoms with Gasteiger partial charge in [-0.1, -0.05) is 73.7 Å². The van der Waals surface area contributed by atoms with Gasteiger partial charge in [0.2, 0.25) is 5.91 Å². The molecule has 0 spiro atoms. The van der Waals surface area contributed by atoms with Gasteiger partial charge in [0.05, 0.1) is 7.11 Å². The van der Waals surface area contributed by atoms with Crippen LogP contribution in [0.15, 0.2) is 84.9 Å². The first-order valence-electron chi connectivity index (χ1n) is 9.45. The topological polar surface area (TPSA) is 50.4 Å². The third-order valence-electron chi connectivity index (χ3n) is 4.73. The predicted octanol–water partition coefficient (Wildman–Crippen LogP) is 4.77.